The van der Waals surface area contributed by atoms with Gasteiger partial charge in [0.25, 0.3) is 0 Å². The molecule has 1 heterocycles. The van der Waals surface area contributed by atoms with Gasteiger partial charge in [0.15, 0.2) is 0 Å². The van der Waals surface area contributed by atoms with E-state index < -0.39 is 0 Å². The van der Waals surface area contributed by atoms with Crippen LogP contribution in [0.1, 0.15) is 18.3 Å². The predicted molar refractivity (Wildman–Crippen MR) is 65.7 cm³/mol. The zero-order valence-corrected chi connectivity index (χ0v) is 11.2. The summed E-state index contributed by atoms with van der Waals surface area (Å²) in [6.45, 7) is 4.58. The summed E-state index contributed by atoms with van der Waals surface area (Å²) in [6.07, 6.45) is 0.953. The first-order valence-corrected chi connectivity index (χ1v) is 5.98. The van der Waals surface area contributed by atoms with E-state index in [4.69, 9.17) is 5.73 Å². The Morgan fingerprint density at radius 2 is 2.20 bits per heavy atom. The number of aryl methyl sites for hydroxylation is 2. The largest absolute Gasteiger partial charge is 0.329 e. The van der Waals surface area contributed by atoms with Gasteiger partial charge < -0.3 is 5.73 Å². The third kappa shape index (κ3) is 3.03. The fourth-order valence-corrected chi connectivity index (χ4v) is 2.29. The summed E-state index contributed by atoms with van der Waals surface area (Å²) in [5, 5.41) is 4.45. The van der Waals surface area contributed by atoms with Crippen molar-refractivity contribution >= 4 is 15.9 Å². The van der Waals surface area contributed by atoms with Crippen LogP contribution in [0.3, 0.4) is 0 Å². The Bertz CT molecular complexity index is 321. The smallest absolute Gasteiger partial charge is 0.0767 e. The highest BCUT2D eigenvalue weighted by Gasteiger charge is 2.13. The van der Waals surface area contributed by atoms with E-state index in [1.807, 2.05) is 11.7 Å². The van der Waals surface area contributed by atoms with Crippen LogP contribution in [0.25, 0.3) is 0 Å². The number of nitrogens with zero attached hydrogens (tertiary/aromatic N) is 3. The molecule has 2 N–H and O–H groups in total. The first-order valence-electron chi connectivity index (χ1n) is 5.19. The second-order valence-electron chi connectivity index (χ2n) is 3.71. The van der Waals surface area contributed by atoms with Crippen molar-refractivity contribution in [3.8, 4) is 0 Å². The molecule has 0 aromatic carbocycles. The molecule has 0 fully saturated rings. The van der Waals surface area contributed by atoms with Crippen LogP contribution in [0.5, 0.6) is 0 Å². The van der Waals surface area contributed by atoms with Gasteiger partial charge in [-0.25, -0.2) is 0 Å². The molecule has 1 rings (SSSR count). The first-order chi connectivity index (χ1) is 7.10. The molecular formula is C10H19BrN4. The van der Waals surface area contributed by atoms with Gasteiger partial charge in [0.1, 0.15) is 0 Å². The molecule has 0 unspecified atom stereocenters. The third-order valence-electron chi connectivity index (χ3n) is 2.43. The summed E-state index contributed by atoms with van der Waals surface area (Å²) in [5.74, 6) is 0. The molecule has 0 saturated carbocycles. The third-order valence-corrected chi connectivity index (χ3v) is 3.35. The van der Waals surface area contributed by atoms with Crippen molar-refractivity contribution in [1.82, 2.24) is 14.7 Å². The van der Waals surface area contributed by atoms with Crippen LogP contribution in [-0.4, -0.2) is 34.8 Å². The van der Waals surface area contributed by atoms with Gasteiger partial charge in [-0.15, -0.1) is 0 Å². The van der Waals surface area contributed by atoms with Crippen molar-refractivity contribution in [3.63, 3.8) is 0 Å². The van der Waals surface area contributed by atoms with Crippen LogP contribution in [0.4, 0.5) is 0 Å². The van der Waals surface area contributed by atoms with E-state index in [2.05, 4.69) is 39.9 Å². The lowest BCUT2D eigenvalue weighted by Crippen LogP contribution is -2.26. The molecule has 0 bridgehead atoms. The number of halogens is 1. The summed E-state index contributed by atoms with van der Waals surface area (Å²) in [5.41, 5.74) is 7.84. The fourth-order valence-electron chi connectivity index (χ4n) is 1.55. The maximum absolute atomic E-state index is 5.51. The number of hydrogen-bond acceptors (Lipinski definition) is 3. The standard InChI is InChI=1S/C10H19BrN4/c1-4-8-10(11)9(15(3)13-8)7-14(2)6-5-12/h4-7,12H2,1-3H3. The van der Waals surface area contributed by atoms with E-state index >= 15 is 0 Å². The van der Waals surface area contributed by atoms with Gasteiger partial charge in [0.2, 0.25) is 0 Å². The van der Waals surface area contributed by atoms with Crippen molar-refractivity contribution < 1.29 is 0 Å². The van der Waals surface area contributed by atoms with Crippen LogP contribution in [0, 0.1) is 0 Å². The van der Waals surface area contributed by atoms with Crippen LogP contribution in [0.15, 0.2) is 4.47 Å². The molecular weight excluding hydrogens is 256 g/mol. The van der Waals surface area contributed by atoms with Gasteiger partial charge in [-0.1, -0.05) is 6.92 Å². The average Bonchev–Trinajstić information content (AvgIpc) is 2.45. The average molecular weight is 275 g/mol. The summed E-state index contributed by atoms with van der Waals surface area (Å²) in [4.78, 5) is 2.20. The Hall–Kier alpha value is -0.390. The van der Waals surface area contributed by atoms with Crippen molar-refractivity contribution in [2.45, 2.75) is 19.9 Å². The lowest BCUT2D eigenvalue weighted by atomic mass is 10.3. The number of nitrogens with two attached hydrogens (primary N) is 1. The predicted octanol–water partition coefficient (Wildman–Crippen LogP) is 1.14. The topological polar surface area (TPSA) is 47.1 Å². The molecule has 1 aromatic heterocycles. The summed E-state index contributed by atoms with van der Waals surface area (Å²) in [6, 6.07) is 0. The van der Waals surface area contributed by atoms with Crippen molar-refractivity contribution in [3.05, 3.63) is 15.9 Å². The SMILES string of the molecule is CCc1nn(C)c(CN(C)CCN)c1Br. The van der Waals surface area contributed by atoms with E-state index in [0.29, 0.717) is 6.54 Å². The lowest BCUT2D eigenvalue weighted by Gasteiger charge is -2.15. The monoisotopic (exact) mass is 274 g/mol. The Morgan fingerprint density at radius 3 is 2.67 bits per heavy atom. The molecule has 86 valence electrons. The van der Waals surface area contributed by atoms with E-state index in [0.717, 1.165) is 29.7 Å². The molecule has 0 spiro atoms. The lowest BCUT2D eigenvalue weighted by molar-refractivity contribution is 0.325. The summed E-state index contributed by atoms with van der Waals surface area (Å²) < 4.78 is 3.08. The van der Waals surface area contributed by atoms with Crippen molar-refractivity contribution in [2.24, 2.45) is 12.8 Å². The Balaban J connectivity index is 2.80. The zero-order chi connectivity index (χ0) is 11.4. The molecule has 0 aliphatic heterocycles. The Kier molecular flexibility index (Phi) is 4.76. The van der Waals surface area contributed by atoms with Crippen LogP contribution in [0.2, 0.25) is 0 Å². The second-order valence-corrected chi connectivity index (χ2v) is 4.50. The molecule has 0 amide bonds. The van der Waals surface area contributed by atoms with E-state index in [9.17, 15) is 0 Å². The number of aromatic nitrogens is 2. The quantitative estimate of drug-likeness (QED) is 0.876. The zero-order valence-electron chi connectivity index (χ0n) is 9.63. The molecule has 4 nitrogen and oxygen atoms in total. The molecule has 0 radical (unpaired) electrons. The molecule has 15 heavy (non-hydrogen) atoms. The van der Waals surface area contributed by atoms with Gasteiger partial charge in [0.05, 0.1) is 15.9 Å². The van der Waals surface area contributed by atoms with Crippen LogP contribution < -0.4 is 5.73 Å². The minimum absolute atomic E-state index is 0.687. The maximum Gasteiger partial charge on any atom is 0.0767 e. The second kappa shape index (κ2) is 5.63. The first kappa shape index (κ1) is 12.7. The van der Waals surface area contributed by atoms with E-state index in [1.54, 1.807) is 0 Å². The highest BCUT2D eigenvalue weighted by Crippen LogP contribution is 2.22. The summed E-state index contributed by atoms with van der Waals surface area (Å²) >= 11 is 3.60. The fraction of sp³-hybridized carbons (Fsp3) is 0.700. The molecule has 0 saturated heterocycles. The summed E-state index contributed by atoms with van der Waals surface area (Å²) in [7, 11) is 4.05. The van der Waals surface area contributed by atoms with Gasteiger partial charge in [-0.2, -0.15) is 5.10 Å². The number of likely N-dealkylation sites (N-methyl/N-ethyl adjacent to an activating group) is 1. The molecule has 5 heteroatoms. The van der Waals surface area contributed by atoms with Gasteiger partial charge >= 0.3 is 0 Å². The van der Waals surface area contributed by atoms with Crippen LogP contribution >= 0.6 is 15.9 Å². The number of rotatable bonds is 5. The highest BCUT2D eigenvalue weighted by molar-refractivity contribution is 9.10. The minimum Gasteiger partial charge on any atom is -0.329 e. The molecule has 0 atom stereocenters. The molecule has 0 aliphatic rings. The highest BCUT2D eigenvalue weighted by atomic mass is 79.9. The van der Waals surface area contributed by atoms with Gasteiger partial charge in [-0.3, -0.25) is 9.58 Å². The van der Waals surface area contributed by atoms with Gasteiger partial charge in [0, 0.05) is 26.7 Å². The van der Waals surface area contributed by atoms with Gasteiger partial charge in [-0.05, 0) is 29.4 Å². The Labute approximate surface area is 99.6 Å². The minimum atomic E-state index is 0.687. The van der Waals surface area contributed by atoms with E-state index in [1.165, 1.54) is 5.69 Å². The molecule has 0 aliphatic carbocycles. The normalized spacial score (nSPS) is 11.3. The molecule has 1 aromatic rings. The van der Waals surface area contributed by atoms with Crippen molar-refractivity contribution in [2.75, 3.05) is 20.1 Å². The maximum atomic E-state index is 5.51. The van der Waals surface area contributed by atoms with Crippen LogP contribution in [-0.2, 0) is 20.0 Å². The van der Waals surface area contributed by atoms with Crippen molar-refractivity contribution in [1.29, 1.82) is 0 Å². The number of hydrogen-bond donors (Lipinski definition) is 1. The Morgan fingerprint density at radius 1 is 1.53 bits per heavy atom. The van der Waals surface area contributed by atoms with E-state index in [-0.39, 0.29) is 0 Å².